The molecule has 1 N–H and O–H groups in total. The van der Waals surface area contributed by atoms with Crippen molar-refractivity contribution >= 4 is 32.6 Å². The van der Waals surface area contributed by atoms with Gasteiger partial charge in [-0.05, 0) is 26.0 Å². The fraction of sp³-hybridized carbons (Fsp3) is 0.526. The summed E-state index contributed by atoms with van der Waals surface area (Å²) in [6, 6.07) is 1.56. The number of sulfonamides is 1. The average molecular weight is 502 g/mol. The van der Waals surface area contributed by atoms with Crippen LogP contribution in [0.1, 0.15) is 24.3 Å². The van der Waals surface area contributed by atoms with Crippen molar-refractivity contribution in [3.8, 4) is 10.8 Å². The Morgan fingerprint density at radius 3 is 2.55 bits per heavy atom. The lowest BCUT2D eigenvalue weighted by molar-refractivity contribution is 0.150. The van der Waals surface area contributed by atoms with Crippen molar-refractivity contribution in [1.82, 2.24) is 29.2 Å². The van der Waals surface area contributed by atoms with Gasteiger partial charge in [0.15, 0.2) is 15.8 Å². The summed E-state index contributed by atoms with van der Waals surface area (Å²) in [5.74, 6) is 0.216. The maximum absolute atomic E-state index is 13.4. The van der Waals surface area contributed by atoms with Crippen LogP contribution in [0.25, 0.3) is 16.3 Å². The molecule has 0 bridgehead atoms. The van der Waals surface area contributed by atoms with Crippen LogP contribution in [0.2, 0.25) is 0 Å². The highest BCUT2D eigenvalue weighted by Gasteiger charge is 2.46. The number of fused-ring (bicyclic) bond motifs is 1. The van der Waals surface area contributed by atoms with E-state index < -0.39 is 33.7 Å². The van der Waals surface area contributed by atoms with Crippen LogP contribution in [0.15, 0.2) is 23.4 Å². The van der Waals surface area contributed by atoms with E-state index in [1.165, 1.54) is 10.6 Å². The van der Waals surface area contributed by atoms with Crippen LogP contribution in [0, 0.1) is 0 Å². The number of aromatic nitrogens is 4. The minimum atomic E-state index is -4.04. The van der Waals surface area contributed by atoms with Gasteiger partial charge in [0, 0.05) is 32.4 Å². The van der Waals surface area contributed by atoms with Crippen molar-refractivity contribution in [3.63, 3.8) is 0 Å². The van der Waals surface area contributed by atoms with Gasteiger partial charge in [0.1, 0.15) is 11.6 Å². The van der Waals surface area contributed by atoms with Gasteiger partial charge < -0.3 is 9.80 Å². The SMILES string of the molecule is CN1CCN(c2cc(S(=O)(=O)NC3(CF)CC3)cn3c(-c4nnc(C(F)F)s4)ncc23)CC1. The third-order valence-electron chi connectivity index (χ3n) is 6.03. The molecular weight excluding hydrogens is 479 g/mol. The second-order valence-corrected chi connectivity index (χ2v) is 11.1. The number of anilines is 1. The summed E-state index contributed by atoms with van der Waals surface area (Å²) >= 11 is 0.702. The Hall–Kier alpha value is -2.29. The Labute approximate surface area is 192 Å². The first-order valence-electron chi connectivity index (χ1n) is 10.4. The third kappa shape index (κ3) is 4.20. The second kappa shape index (κ2) is 8.18. The van der Waals surface area contributed by atoms with Crippen LogP contribution in [0.3, 0.4) is 0 Å². The Morgan fingerprint density at radius 1 is 1.21 bits per heavy atom. The van der Waals surface area contributed by atoms with Gasteiger partial charge in [-0.25, -0.2) is 31.3 Å². The van der Waals surface area contributed by atoms with Crippen LogP contribution >= 0.6 is 11.3 Å². The van der Waals surface area contributed by atoms with Gasteiger partial charge in [-0.1, -0.05) is 11.3 Å². The number of pyridine rings is 1. The average Bonchev–Trinajstić information content (AvgIpc) is 3.19. The van der Waals surface area contributed by atoms with E-state index in [9.17, 15) is 21.6 Å². The van der Waals surface area contributed by atoms with E-state index in [1.807, 2.05) is 7.05 Å². The number of nitrogens with zero attached hydrogens (tertiary/aromatic N) is 6. The molecule has 0 unspecified atom stereocenters. The molecule has 2 fully saturated rings. The Bertz CT molecular complexity index is 1280. The zero-order valence-corrected chi connectivity index (χ0v) is 19.3. The summed E-state index contributed by atoms with van der Waals surface area (Å²) in [4.78, 5) is 8.53. The summed E-state index contributed by atoms with van der Waals surface area (Å²) < 4.78 is 69.9. The number of rotatable bonds is 7. The Kier molecular flexibility index (Phi) is 5.58. The molecule has 3 aromatic rings. The fourth-order valence-electron chi connectivity index (χ4n) is 3.83. The van der Waals surface area contributed by atoms with Gasteiger partial charge in [0.25, 0.3) is 6.43 Å². The summed E-state index contributed by atoms with van der Waals surface area (Å²) in [6.45, 7) is 2.15. The molecule has 3 aromatic heterocycles. The topological polar surface area (TPSA) is 95.7 Å². The molecule has 1 saturated heterocycles. The number of hydrogen-bond donors (Lipinski definition) is 1. The van der Waals surface area contributed by atoms with Gasteiger partial charge in [0.05, 0.1) is 22.9 Å². The van der Waals surface area contributed by atoms with E-state index in [2.05, 4.69) is 29.7 Å². The molecule has 14 heteroatoms. The zero-order valence-electron chi connectivity index (χ0n) is 17.7. The standard InChI is InChI=1S/C19H22F3N7O2S2/c1-27-4-6-28(7-5-27)13-8-12(33(30,31)26-19(11-20)2-3-19)10-29-14(13)9-23-16(29)18-25-24-17(32-18)15(21)22/h8-10,15,26H,2-7,11H2,1H3. The van der Waals surface area contributed by atoms with Gasteiger partial charge in [0.2, 0.25) is 10.0 Å². The molecule has 1 aliphatic carbocycles. The van der Waals surface area contributed by atoms with E-state index in [-0.39, 0.29) is 15.7 Å². The first kappa shape index (κ1) is 22.5. The molecule has 1 saturated carbocycles. The predicted octanol–water partition coefficient (Wildman–Crippen LogP) is 2.32. The normalized spacial score (nSPS) is 19.0. The molecule has 0 amide bonds. The van der Waals surface area contributed by atoms with Crippen molar-refractivity contribution in [1.29, 1.82) is 0 Å². The molecule has 0 atom stereocenters. The van der Waals surface area contributed by atoms with E-state index in [0.29, 0.717) is 48.5 Å². The number of piperazine rings is 1. The molecule has 9 nitrogen and oxygen atoms in total. The van der Waals surface area contributed by atoms with E-state index in [0.717, 1.165) is 13.1 Å². The molecule has 0 aromatic carbocycles. The summed E-state index contributed by atoms with van der Waals surface area (Å²) in [6.07, 6.45) is 1.05. The minimum Gasteiger partial charge on any atom is -0.367 e. The highest BCUT2D eigenvalue weighted by Crippen LogP contribution is 2.38. The summed E-state index contributed by atoms with van der Waals surface area (Å²) in [5, 5.41) is 7.05. The number of nitrogens with one attached hydrogen (secondary N) is 1. The second-order valence-electron chi connectivity index (χ2n) is 8.45. The third-order valence-corrected chi connectivity index (χ3v) is 8.50. The molecule has 4 heterocycles. The van der Waals surface area contributed by atoms with Crippen LogP contribution in [-0.4, -0.2) is 78.3 Å². The van der Waals surface area contributed by atoms with Crippen molar-refractivity contribution in [3.05, 3.63) is 23.5 Å². The first-order valence-corrected chi connectivity index (χ1v) is 12.7. The molecular formula is C19H22F3N7O2S2. The van der Waals surface area contributed by atoms with Crippen LogP contribution in [0.5, 0.6) is 0 Å². The van der Waals surface area contributed by atoms with Crippen LogP contribution in [-0.2, 0) is 10.0 Å². The lowest BCUT2D eigenvalue weighted by Crippen LogP contribution is -2.44. The van der Waals surface area contributed by atoms with E-state index >= 15 is 0 Å². The van der Waals surface area contributed by atoms with Crippen molar-refractivity contribution < 1.29 is 21.6 Å². The molecule has 178 valence electrons. The lowest BCUT2D eigenvalue weighted by Gasteiger charge is -2.34. The zero-order chi connectivity index (χ0) is 23.4. The maximum atomic E-state index is 13.4. The van der Waals surface area contributed by atoms with E-state index in [1.54, 1.807) is 12.3 Å². The highest BCUT2D eigenvalue weighted by molar-refractivity contribution is 7.89. The van der Waals surface area contributed by atoms with Crippen molar-refractivity contribution in [2.75, 3.05) is 44.8 Å². The smallest absolute Gasteiger partial charge is 0.291 e. The first-order chi connectivity index (χ1) is 15.7. The molecule has 1 aliphatic heterocycles. The Morgan fingerprint density at radius 2 is 1.94 bits per heavy atom. The van der Waals surface area contributed by atoms with Crippen molar-refractivity contribution in [2.24, 2.45) is 0 Å². The number of hydrogen-bond acceptors (Lipinski definition) is 8. The predicted molar refractivity (Wildman–Crippen MR) is 117 cm³/mol. The minimum absolute atomic E-state index is 0.0542. The quantitative estimate of drug-likeness (QED) is 0.531. The summed E-state index contributed by atoms with van der Waals surface area (Å²) in [7, 11) is -2.03. The monoisotopic (exact) mass is 501 g/mol. The van der Waals surface area contributed by atoms with Gasteiger partial charge >= 0.3 is 0 Å². The molecule has 2 aliphatic rings. The molecule has 5 rings (SSSR count). The van der Waals surface area contributed by atoms with Gasteiger partial charge in [-0.3, -0.25) is 4.40 Å². The Balaban J connectivity index is 1.64. The van der Waals surface area contributed by atoms with Gasteiger partial charge in [-0.2, -0.15) is 0 Å². The van der Waals surface area contributed by atoms with Crippen molar-refractivity contribution in [2.45, 2.75) is 29.7 Å². The fourth-order valence-corrected chi connectivity index (χ4v) is 5.98. The maximum Gasteiger partial charge on any atom is 0.291 e. The highest BCUT2D eigenvalue weighted by atomic mass is 32.2. The van der Waals surface area contributed by atoms with Crippen LogP contribution < -0.4 is 9.62 Å². The van der Waals surface area contributed by atoms with Gasteiger partial charge in [-0.15, -0.1) is 10.2 Å². The number of halogens is 3. The number of alkyl halides is 3. The molecule has 33 heavy (non-hydrogen) atoms. The van der Waals surface area contributed by atoms with E-state index in [4.69, 9.17) is 0 Å². The molecule has 0 radical (unpaired) electrons. The lowest BCUT2D eigenvalue weighted by atomic mass is 10.2. The number of imidazole rings is 1. The summed E-state index contributed by atoms with van der Waals surface area (Å²) in [5.41, 5.74) is 0.215. The number of likely N-dealkylation sites (N-methyl/N-ethyl adjacent to an activating group) is 1. The largest absolute Gasteiger partial charge is 0.367 e. The molecule has 0 spiro atoms. The van der Waals surface area contributed by atoms with Crippen LogP contribution in [0.4, 0.5) is 18.9 Å².